The first-order valence-electron chi connectivity index (χ1n) is 6.91. The third-order valence-corrected chi connectivity index (χ3v) is 3.61. The van der Waals surface area contributed by atoms with Gasteiger partial charge in [0.15, 0.2) is 0 Å². The Labute approximate surface area is 120 Å². The fraction of sp³-hybridized carbons (Fsp3) is 0.533. The molecule has 0 N–H and O–H groups in total. The van der Waals surface area contributed by atoms with Gasteiger partial charge < -0.3 is 9.80 Å². The molecule has 20 heavy (non-hydrogen) atoms. The van der Waals surface area contributed by atoms with Crippen LogP contribution in [0.4, 0.5) is 10.1 Å². The topological polar surface area (TPSA) is 33.5 Å². The van der Waals surface area contributed by atoms with Crippen LogP contribution in [0.1, 0.15) is 5.56 Å². The number of anilines is 1. The number of hydrogen-bond donors (Lipinski definition) is 0. The van der Waals surface area contributed by atoms with Crippen LogP contribution in [0.3, 0.4) is 0 Å². The Bertz CT molecular complexity index is 487. The summed E-state index contributed by atoms with van der Waals surface area (Å²) in [7, 11) is 4.15. The lowest BCUT2D eigenvalue weighted by Crippen LogP contribution is -2.48. The SMILES string of the molecule is CN(C)CCN1CCN(c2cc(F)cc(C#N)c2)CC1. The molecule has 5 heteroatoms. The molecular weight excluding hydrogens is 255 g/mol. The highest BCUT2D eigenvalue weighted by atomic mass is 19.1. The quantitative estimate of drug-likeness (QED) is 0.832. The highest BCUT2D eigenvalue weighted by Crippen LogP contribution is 2.19. The van der Waals surface area contributed by atoms with E-state index in [2.05, 4.69) is 28.8 Å². The zero-order chi connectivity index (χ0) is 14.5. The Morgan fingerprint density at radius 3 is 2.50 bits per heavy atom. The maximum absolute atomic E-state index is 13.5. The minimum atomic E-state index is -0.339. The van der Waals surface area contributed by atoms with Crippen LogP contribution in [0.5, 0.6) is 0 Å². The van der Waals surface area contributed by atoms with Gasteiger partial charge in [0.2, 0.25) is 0 Å². The molecule has 0 bridgehead atoms. The van der Waals surface area contributed by atoms with Crippen LogP contribution in [0.25, 0.3) is 0 Å². The molecule has 4 nitrogen and oxygen atoms in total. The molecule has 1 aromatic rings. The van der Waals surface area contributed by atoms with Crippen LogP contribution < -0.4 is 4.90 Å². The van der Waals surface area contributed by atoms with Gasteiger partial charge in [-0.15, -0.1) is 0 Å². The molecule has 0 unspecified atom stereocenters. The summed E-state index contributed by atoms with van der Waals surface area (Å²) >= 11 is 0. The van der Waals surface area contributed by atoms with E-state index in [-0.39, 0.29) is 5.82 Å². The Morgan fingerprint density at radius 1 is 1.20 bits per heavy atom. The van der Waals surface area contributed by atoms with Crippen molar-refractivity contribution in [3.05, 3.63) is 29.6 Å². The van der Waals surface area contributed by atoms with E-state index in [9.17, 15) is 4.39 Å². The maximum Gasteiger partial charge on any atom is 0.126 e. The number of halogens is 1. The van der Waals surface area contributed by atoms with Crippen LogP contribution in [-0.2, 0) is 0 Å². The van der Waals surface area contributed by atoms with Crippen molar-refractivity contribution >= 4 is 5.69 Å². The molecule has 0 amide bonds. The zero-order valence-corrected chi connectivity index (χ0v) is 12.1. The summed E-state index contributed by atoms with van der Waals surface area (Å²) in [4.78, 5) is 6.75. The van der Waals surface area contributed by atoms with Crippen LogP contribution in [0.15, 0.2) is 18.2 Å². The minimum absolute atomic E-state index is 0.339. The molecule has 0 aliphatic carbocycles. The molecule has 1 aromatic carbocycles. The number of benzene rings is 1. The number of nitrogens with zero attached hydrogens (tertiary/aromatic N) is 4. The second kappa shape index (κ2) is 6.69. The molecule has 1 fully saturated rings. The molecule has 0 saturated carbocycles. The molecule has 1 heterocycles. The molecular formula is C15H21FN4. The van der Waals surface area contributed by atoms with Crippen molar-refractivity contribution in [1.29, 1.82) is 5.26 Å². The summed E-state index contributed by atoms with van der Waals surface area (Å²) in [6, 6.07) is 6.55. The van der Waals surface area contributed by atoms with Gasteiger partial charge in [-0.1, -0.05) is 0 Å². The van der Waals surface area contributed by atoms with Crippen molar-refractivity contribution in [2.45, 2.75) is 0 Å². The standard InChI is InChI=1S/C15H21FN4/c1-18(2)3-4-19-5-7-20(8-6-19)15-10-13(12-17)9-14(16)11-15/h9-11H,3-8H2,1-2H3. The van der Waals surface area contributed by atoms with Gasteiger partial charge >= 0.3 is 0 Å². The predicted octanol–water partition coefficient (Wildman–Crippen LogP) is 1.38. The van der Waals surface area contributed by atoms with E-state index in [1.54, 1.807) is 6.07 Å². The fourth-order valence-electron chi connectivity index (χ4n) is 2.39. The van der Waals surface area contributed by atoms with Gasteiger partial charge in [0.1, 0.15) is 5.82 Å². The van der Waals surface area contributed by atoms with Crippen LogP contribution in [-0.4, -0.2) is 63.2 Å². The van der Waals surface area contributed by atoms with E-state index < -0.39 is 0 Å². The monoisotopic (exact) mass is 276 g/mol. The van der Waals surface area contributed by atoms with E-state index in [0.29, 0.717) is 5.56 Å². The van der Waals surface area contributed by atoms with Crippen LogP contribution in [0, 0.1) is 17.1 Å². The average molecular weight is 276 g/mol. The van der Waals surface area contributed by atoms with Gasteiger partial charge in [-0.2, -0.15) is 5.26 Å². The van der Waals surface area contributed by atoms with E-state index in [4.69, 9.17) is 5.26 Å². The fourth-order valence-corrected chi connectivity index (χ4v) is 2.39. The summed E-state index contributed by atoms with van der Waals surface area (Å²) in [6.07, 6.45) is 0. The lowest BCUT2D eigenvalue weighted by atomic mass is 10.1. The van der Waals surface area contributed by atoms with Gasteiger partial charge in [0.25, 0.3) is 0 Å². The number of rotatable bonds is 4. The van der Waals surface area contributed by atoms with Gasteiger partial charge in [-0.25, -0.2) is 4.39 Å². The van der Waals surface area contributed by atoms with E-state index in [1.807, 2.05) is 6.07 Å². The van der Waals surface area contributed by atoms with Crippen molar-refractivity contribution in [2.24, 2.45) is 0 Å². The summed E-state index contributed by atoms with van der Waals surface area (Å²) < 4.78 is 13.5. The Kier molecular flexibility index (Phi) is 4.94. The average Bonchev–Trinajstić information content (AvgIpc) is 2.45. The molecule has 0 spiro atoms. The van der Waals surface area contributed by atoms with E-state index in [1.165, 1.54) is 12.1 Å². The molecule has 0 atom stereocenters. The van der Waals surface area contributed by atoms with Gasteiger partial charge in [0.05, 0.1) is 11.6 Å². The number of likely N-dealkylation sites (N-methyl/N-ethyl adjacent to an activating group) is 1. The first-order chi connectivity index (χ1) is 9.58. The molecule has 0 aromatic heterocycles. The molecule has 1 aliphatic heterocycles. The molecule has 1 aliphatic rings. The number of nitriles is 1. The van der Waals surface area contributed by atoms with Crippen LogP contribution >= 0.6 is 0 Å². The normalized spacial score (nSPS) is 16.4. The van der Waals surface area contributed by atoms with Gasteiger partial charge in [-0.3, -0.25) is 4.90 Å². The Hall–Kier alpha value is -1.64. The van der Waals surface area contributed by atoms with Gasteiger partial charge in [0, 0.05) is 45.0 Å². The summed E-state index contributed by atoms with van der Waals surface area (Å²) in [6.45, 7) is 5.83. The molecule has 1 saturated heterocycles. The van der Waals surface area contributed by atoms with Crippen molar-refractivity contribution in [3.63, 3.8) is 0 Å². The summed E-state index contributed by atoms with van der Waals surface area (Å²) in [5.41, 5.74) is 1.20. The highest BCUT2D eigenvalue weighted by molar-refractivity contribution is 5.52. The lowest BCUT2D eigenvalue weighted by Gasteiger charge is -2.36. The summed E-state index contributed by atoms with van der Waals surface area (Å²) in [5.74, 6) is -0.339. The number of piperazine rings is 1. The maximum atomic E-state index is 13.5. The molecule has 2 rings (SSSR count). The summed E-state index contributed by atoms with van der Waals surface area (Å²) in [5, 5.41) is 8.90. The van der Waals surface area contributed by atoms with E-state index >= 15 is 0 Å². The Morgan fingerprint density at radius 2 is 1.90 bits per heavy atom. The second-order valence-electron chi connectivity index (χ2n) is 5.44. The highest BCUT2D eigenvalue weighted by Gasteiger charge is 2.17. The Balaban J connectivity index is 1.94. The third kappa shape index (κ3) is 3.92. The van der Waals surface area contributed by atoms with E-state index in [0.717, 1.165) is 45.0 Å². The predicted molar refractivity (Wildman–Crippen MR) is 78.3 cm³/mol. The van der Waals surface area contributed by atoms with Crippen LogP contribution in [0.2, 0.25) is 0 Å². The van der Waals surface area contributed by atoms with Crippen molar-refractivity contribution in [2.75, 3.05) is 58.3 Å². The number of hydrogen-bond acceptors (Lipinski definition) is 4. The minimum Gasteiger partial charge on any atom is -0.369 e. The first kappa shape index (κ1) is 14.8. The molecule has 0 radical (unpaired) electrons. The smallest absolute Gasteiger partial charge is 0.126 e. The first-order valence-corrected chi connectivity index (χ1v) is 6.91. The lowest BCUT2D eigenvalue weighted by molar-refractivity contribution is 0.229. The second-order valence-corrected chi connectivity index (χ2v) is 5.44. The molecule has 108 valence electrons. The third-order valence-electron chi connectivity index (χ3n) is 3.61. The van der Waals surface area contributed by atoms with Gasteiger partial charge in [-0.05, 0) is 32.3 Å². The van der Waals surface area contributed by atoms with Crippen molar-refractivity contribution in [1.82, 2.24) is 9.80 Å². The van der Waals surface area contributed by atoms with Crippen molar-refractivity contribution < 1.29 is 4.39 Å². The van der Waals surface area contributed by atoms with Crippen molar-refractivity contribution in [3.8, 4) is 6.07 Å². The zero-order valence-electron chi connectivity index (χ0n) is 12.1. The largest absolute Gasteiger partial charge is 0.369 e.